The van der Waals surface area contributed by atoms with Gasteiger partial charge in [0.05, 0.1) is 0 Å². The number of halogens is 1. The molecule has 1 aromatic rings. The van der Waals surface area contributed by atoms with Gasteiger partial charge in [-0.25, -0.2) is 0 Å². The Bertz CT molecular complexity index is 419. The zero-order chi connectivity index (χ0) is 13.7. The van der Waals surface area contributed by atoms with Gasteiger partial charge in [-0.3, -0.25) is 4.79 Å². The summed E-state index contributed by atoms with van der Waals surface area (Å²) in [5.74, 6) is 0.442. The van der Waals surface area contributed by atoms with Crippen LogP contribution in [0.15, 0.2) is 18.2 Å². The standard InChI is InChI=1S/C15H23NO2.ClH/c1-6-8-14-13(11(2)16(4)5)9-7-10-15(14)18-12(3)17;/h7,9-11H,6,8H2,1-5H3;1H. The second-order valence-electron chi connectivity index (χ2n) is 4.81. The predicted molar refractivity (Wildman–Crippen MR) is 81.1 cm³/mol. The molecule has 0 N–H and O–H groups in total. The van der Waals surface area contributed by atoms with E-state index < -0.39 is 0 Å². The van der Waals surface area contributed by atoms with Crippen LogP contribution in [0.4, 0.5) is 0 Å². The van der Waals surface area contributed by atoms with Crippen molar-refractivity contribution in [2.45, 2.75) is 39.7 Å². The van der Waals surface area contributed by atoms with Crippen LogP contribution in [0.5, 0.6) is 5.75 Å². The fourth-order valence-electron chi connectivity index (χ4n) is 2.02. The van der Waals surface area contributed by atoms with Gasteiger partial charge in [0.1, 0.15) is 5.75 Å². The molecule has 0 saturated carbocycles. The Morgan fingerprint density at radius 1 is 1.37 bits per heavy atom. The average Bonchev–Trinajstić information content (AvgIpc) is 2.30. The first-order chi connectivity index (χ1) is 8.47. The van der Waals surface area contributed by atoms with Gasteiger partial charge in [0.25, 0.3) is 0 Å². The van der Waals surface area contributed by atoms with E-state index in [2.05, 4.69) is 38.9 Å². The average molecular weight is 286 g/mol. The highest BCUT2D eigenvalue weighted by Crippen LogP contribution is 2.30. The maximum absolute atomic E-state index is 11.2. The molecule has 0 aliphatic heterocycles. The fourth-order valence-corrected chi connectivity index (χ4v) is 2.02. The normalized spacial score (nSPS) is 11.9. The molecule has 0 amide bonds. The monoisotopic (exact) mass is 285 g/mol. The van der Waals surface area contributed by atoms with Crippen molar-refractivity contribution in [3.05, 3.63) is 29.3 Å². The lowest BCUT2D eigenvalue weighted by Crippen LogP contribution is -2.19. The van der Waals surface area contributed by atoms with Crippen LogP contribution in [0.2, 0.25) is 0 Å². The molecule has 0 aromatic heterocycles. The molecule has 0 radical (unpaired) electrons. The molecule has 1 unspecified atom stereocenters. The first kappa shape index (κ1) is 17.9. The molecule has 1 atom stereocenters. The number of carbonyl (C=O) groups excluding carboxylic acids is 1. The molecule has 0 heterocycles. The van der Waals surface area contributed by atoms with Crippen molar-refractivity contribution in [3.63, 3.8) is 0 Å². The third kappa shape index (κ3) is 4.84. The highest BCUT2D eigenvalue weighted by Gasteiger charge is 2.16. The zero-order valence-corrected chi connectivity index (χ0v) is 13.2. The van der Waals surface area contributed by atoms with Crippen molar-refractivity contribution in [1.82, 2.24) is 4.90 Å². The minimum atomic E-state index is -0.262. The Balaban J connectivity index is 0.00000324. The van der Waals surface area contributed by atoms with Crippen molar-refractivity contribution in [2.24, 2.45) is 0 Å². The molecule has 19 heavy (non-hydrogen) atoms. The van der Waals surface area contributed by atoms with Gasteiger partial charge in [0.2, 0.25) is 0 Å². The first-order valence-electron chi connectivity index (χ1n) is 6.44. The van der Waals surface area contributed by atoms with E-state index in [-0.39, 0.29) is 18.4 Å². The van der Waals surface area contributed by atoms with Gasteiger partial charge in [-0.05, 0) is 44.6 Å². The molecule has 0 aliphatic rings. The quantitative estimate of drug-likeness (QED) is 0.611. The molecule has 1 aromatic carbocycles. The van der Waals surface area contributed by atoms with E-state index in [0.29, 0.717) is 11.8 Å². The van der Waals surface area contributed by atoms with E-state index in [1.807, 2.05) is 12.1 Å². The number of rotatable bonds is 5. The summed E-state index contributed by atoms with van der Waals surface area (Å²) < 4.78 is 5.31. The smallest absolute Gasteiger partial charge is 0.308 e. The van der Waals surface area contributed by atoms with Crippen molar-refractivity contribution >= 4 is 18.4 Å². The molecule has 0 spiro atoms. The van der Waals surface area contributed by atoms with Crippen LogP contribution in [-0.2, 0) is 11.2 Å². The molecule has 4 heteroatoms. The number of hydrogen-bond acceptors (Lipinski definition) is 3. The van der Waals surface area contributed by atoms with Gasteiger partial charge in [-0.2, -0.15) is 0 Å². The lowest BCUT2D eigenvalue weighted by molar-refractivity contribution is -0.131. The van der Waals surface area contributed by atoms with Crippen molar-refractivity contribution < 1.29 is 9.53 Å². The lowest BCUT2D eigenvalue weighted by atomic mass is 9.96. The minimum absolute atomic E-state index is 0. The maximum atomic E-state index is 11.2. The summed E-state index contributed by atoms with van der Waals surface area (Å²) in [4.78, 5) is 13.3. The van der Waals surface area contributed by atoms with Crippen LogP contribution >= 0.6 is 12.4 Å². The van der Waals surface area contributed by atoms with E-state index >= 15 is 0 Å². The lowest BCUT2D eigenvalue weighted by Gasteiger charge is -2.24. The Morgan fingerprint density at radius 3 is 2.47 bits per heavy atom. The number of esters is 1. The van der Waals surface area contributed by atoms with Gasteiger partial charge in [0, 0.05) is 13.0 Å². The summed E-state index contributed by atoms with van der Waals surface area (Å²) in [5.41, 5.74) is 2.39. The minimum Gasteiger partial charge on any atom is -0.426 e. The highest BCUT2D eigenvalue weighted by molar-refractivity contribution is 5.85. The van der Waals surface area contributed by atoms with Crippen LogP contribution in [-0.4, -0.2) is 25.0 Å². The van der Waals surface area contributed by atoms with Crippen LogP contribution < -0.4 is 4.74 Å². The summed E-state index contributed by atoms with van der Waals surface area (Å²) in [6.45, 7) is 5.73. The zero-order valence-electron chi connectivity index (χ0n) is 12.4. The molecule has 0 bridgehead atoms. The Hall–Kier alpha value is -1.06. The van der Waals surface area contributed by atoms with E-state index in [4.69, 9.17) is 4.74 Å². The molecule has 1 rings (SSSR count). The molecule has 0 saturated heterocycles. The largest absolute Gasteiger partial charge is 0.426 e. The number of hydrogen-bond donors (Lipinski definition) is 0. The van der Waals surface area contributed by atoms with Crippen molar-refractivity contribution in [3.8, 4) is 5.75 Å². The highest BCUT2D eigenvalue weighted by atomic mass is 35.5. The first-order valence-corrected chi connectivity index (χ1v) is 6.44. The van der Waals surface area contributed by atoms with Crippen molar-refractivity contribution in [1.29, 1.82) is 0 Å². The van der Waals surface area contributed by atoms with Gasteiger partial charge >= 0.3 is 5.97 Å². The van der Waals surface area contributed by atoms with E-state index in [9.17, 15) is 4.79 Å². The van der Waals surface area contributed by atoms with E-state index in [1.165, 1.54) is 12.5 Å². The molecule has 0 aliphatic carbocycles. The van der Waals surface area contributed by atoms with E-state index in [1.54, 1.807) is 0 Å². The van der Waals surface area contributed by atoms with Crippen LogP contribution in [0.3, 0.4) is 0 Å². The fraction of sp³-hybridized carbons (Fsp3) is 0.533. The molecular formula is C15H24ClNO2. The van der Waals surface area contributed by atoms with Gasteiger partial charge in [0.15, 0.2) is 0 Å². The number of benzene rings is 1. The summed E-state index contributed by atoms with van der Waals surface area (Å²) in [5, 5.41) is 0. The second-order valence-corrected chi connectivity index (χ2v) is 4.81. The predicted octanol–water partition coefficient (Wildman–Crippen LogP) is 3.61. The molecule has 0 fully saturated rings. The van der Waals surface area contributed by atoms with E-state index in [0.717, 1.165) is 18.4 Å². The number of nitrogens with zero attached hydrogens (tertiary/aromatic N) is 1. The summed E-state index contributed by atoms with van der Waals surface area (Å²) >= 11 is 0. The summed E-state index contributed by atoms with van der Waals surface area (Å²) in [7, 11) is 4.11. The Morgan fingerprint density at radius 2 is 2.00 bits per heavy atom. The number of carbonyl (C=O) groups is 1. The summed E-state index contributed by atoms with van der Waals surface area (Å²) in [6, 6.07) is 6.25. The number of ether oxygens (including phenoxy) is 1. The van der Waals surface area contributed by atoms with Crippen LogP contribution in [0.1, 0.15) is 44.4 Å². The van der Waals surface area contributed by atoms with Gasteiger partial charge < -0.3 is 9.64 Å². The maximum Gasteiger partial charge on any atom is 0.308 e. The molecule has 108 valence electrons. The molecular weight excluding hydrogens is 262 g/mol. The third-order valence-corrected chi connectivity index (χ3v) is 3.15. The third-order valence-electron chi connectivity index (χ3n) is 3.15. The van der Waals surface area contributed by atoms with Gasteiger partial charge in [-0.15, -0.1) is 12.4 Å². The molecule has 3 nitrogen and oxygen atoms in total. The van der Waals surface area contributed by atoms with Gasteiger partial charge in [-0.1, -0.05) is 25.5 Å². The second kappa shape index (κ2) is 8.18. The van der Waals surface area contributed by atoms with Crippen LogP contribution in [0.25, 0.3) is 0 Å². The topological polar surface area (TPSA) is 29.5 Å². The summed E-state index contributed by atoms with van der Waals surface area (Å²) in [6.07, 6.45) is 1.96. The van der Waals surface area contributed by atoms with Crippen LogP contribution in [0, 0.1) is 0 Å². The Labute approximate surface area is 122 Å². The SMILES string of the molecule is CCCc1c(OC(C)=O)cccc1C(C)N(C)C.Cl. The van der Waals surface area contributed by atoms with Crippen molar-refractivity contribution in [2.75, 3.05) is 14.1 Å². The Kier molecular flexibility index (Phi) is 7.72.